The molecule has 3 aliphatic rings. The standard InChI is InChI=1S/C27H30N4O/c1-18-8-7-11-20(12-18)27-13-21(27)16-30(17-27)25(32)22-15-28-31-24(22)29-23(14-26(31,2)3)19-9-5-4-6-10-19/h4-12,15,21,23,29H,13-14,16-17H2,1-3H3/t21?,23-,27?/m1/s1. The first-order valence-electron chi connectivity index (χ1n) is 11.6. The number of aryl methyl sites for hydroxylation is 1. The van der Waals surface area contributed by atoms with Gasteiger partial charge in [0.1, 0.15) is 11.4 Å². The number of benzene rings is 2. The van der Waals surface area contributed by atoms with E-state index in [9.17, 15) is 4.79 Å². The highest BCUT2D eigenvalue weighted by Gasteiger charge is 2.61. The van der Waals surface area contributed by atoms with Gasteiger partial charge in [0.25, 0.3) is 5.91 Å². The SMILES string of the molecule is Cc1cccc(C23CC2CN(C(=O)c2cnn4c2N[C@@H](c2ccccc2)CC4(C)C)C3)c1. The predicted molar refractivity (Wildman–Crippen MR) is 126 cm³/mol. The first-order chi connectivity index (χ1) is 15.4. The molecule has 0 bridgehead atoms. The van der Waals surface area contributed by atoms with Gasteiger partial charge < -0.3 is 10.2 Å². The van der Waals surface area contributed by atoms with Crippen molar-refractivity contribution in [2.45, 2.75) is 50.6 Å². The Hall–Kier alpha value is -3.08. The topological polar surface area (TPSA) is 50.2 Å². The van der Waals surface area contributed by atoms with E-state index >= 15 is 0 Å². The molecule has 5 nitrogen and oxygen atoms in total. The monoisotopic (exact) mass is 426 g/mol. The number of nitrogens with one attached hydrogen (secondary N) is 1. The molecule has 1 aromatic heterocycles. The number of carbonyl (C=O) groups is 1. The maximum Gasteiger partial charge on any atom is 0.259 e. The fourth-order valence-electron chi connectivity index (χ4n) is 6.00. The first-order valence-corrected chi connectivity index (χ1v) is 11.6. The summed E-state index contributed by atoms with van der Waals surface area (Å²) in [7, 11) is 0. The van der Waals surface area contributed by atoms with Gasteiger partial charge in [0.15, 0.2) is 0 Å². The van der Waals surface area contributed by atoms with E-state index in [4.69, 9.17) is 0 Å². The molecule has 2 fully saturated rings. The number of rotatable bonds is 3. The van der Waals surface area contributed by atoms with E-state index in [1.54, 1.807) is 6.20 Å². The Labute approximate surface area is 189 Å². The summed E-state index contributed by atoms with van der Waals surface area (Å²) in [6, 6.07) is 19.5. The van der Waals surface area contributed by atoms with Gasteiger partial charge in [0, 0.05) is 18.5 Å². The zero-order valence-corrected chi connectivity index (χ0v) is 19.0. The summed E-state index contributed by atoms with van der Waals surface area (Å²) in [6.07, 6.45) is 3.87. The number of piperidine rings is 1. The zero-order chi connectivity index (χ0) is 22.1. The summed E-state index contributed by atoms with van der Waals surface area (Å²) in [5, 5.41) is 8.30. The molecule has 1 saturated heterocycles. The van der Waals surface area contributed by atoms with E-state index < -0.39 is 0 Å². The van der Waals surface area contributed by atoms with Crippen molar-refractivity contribution in [3.8, 4) is 0 Å². The van der Waals surface area contributed by atoms with Crippen LogP contribution in [-0.2, 0) is 11.0 Å². The van der Waals surface area contributed by atoms with Crippen LogP contribution in [0.25, 0.3) is 0 Å². The molecule has 1 saturated carbocycles. The highest BCUT2D eigenvalue weighted by atomic mass is 16.2. The molecule has 1 aliphatic carbocycles. The number of hydrogen-bond donors (Lipinski definition) is 1. The van der Waals surface area contributed by atoms with Crippen LogP contribution >= 0.6 is 0 Å². The van der Waals surface area contributed by atoms with Crippen molar-refractivity contribution in [1.29, 1.82) is 0 Å². The predicted octanol–water partition coefficient (Wildman–Crippen LogP) is 4.90. The fraction of sp³-hybridized carbons (Fsp3) is 0.407. The van der Waals surface area contributed by atoms with Gasteiger partial charge in [-0.2, -0.15) is 5.10 Å². The molecule has 3 heterocycles. The summed E-state index contributed by atoms with van der Waals surface area (Å²) in [4.78, 5) is 15.7. The first kappa shape index (κ1) is 19.6. The second-order valence-corrected chi connectivity index (χ2v) is 10.6. The highest BCUT2D eigenvalue weighted by molar-refractivity contribution is 5.99. The van der Waals surface area contributed by atoms with E-state index in [2.05, 4.69) is 84.6 Å². The van der Waals surface area contributed by atoms with Crippen LogP contribution in [0.15, 0.2) is 60.8 Å². The summed E-state index contributed by atoms with van der Waals surface area (Å²) < 4.78 is 2.01. The molecule has 3 atom stereocenters. The van der Waals surface area contributed by atoms with Crippen molar-refractivity contribution in [2.24, 2.45) is 5.92 Å². The van der Waals surface area contributed by atoms with Gasteiger partial charge in [-0.1, -0.05) is 60.2 Å². The molecular weight excluding hydrogens is 396 g/mol. The minimum absolute atomic E-state index is 0.0995. The number of aromatic nitrogens is 2. The average Bonchev–Trinajstić information content (AvgIpc) is 3.13. The molecule has 3 aromatic rings. The Morgan fingerprint density at radius 1 is 1.09 bits per heavy atom. The average molecular weight is 427 g/mol. The smallest absolute Gasteiger partial charge is 0.259 e. The number of fused-ring (bicyclic) bond motifs is 2. The number of hydrogen-bond acceptors (Lipinski definition) is 3. The maximum atomic E-state index is 13.7. The van der Waals surface area contributed by atoms with Crippen molar-refractivity contribution in [3.63, 3.8) is 0 Å². The summed E-state index contributed by atoms with van der Waals surface area (Å²) >= 11 is 0. The molecule has 0 radical (unpaired) electrons. The van der Waals surface area contributed by atoms with Gasteiger partial charge in [-0.15, -0.1) is 0 Å². The molecule has 32 heavy (non-hydrogen) atoms. The molecule has 2 unspecified atom stereocenters. The Morgan fingerprint density at radius 2 is 1.91 bits per heavy atom. The highest BCUT2D eigenvalue weighted by Crippen LogP contribution is 2.59. The van der Waals surface area contributed by atoms with Crippen LogP contribution in [0.2, 0.25) is 0 Å². The van der Waals surface area contributed by atoms with Crippen LogP contribution < -0.4 is 5.32 Å². The van der Waals surface area contributed by atoms with Crippen molar-refractivity contribution in [1.82, 2.24) is 14.7 Å². The van der Waals surface area contributed by atoms with Crippen LogP contribution in [0.4, 0.5) is 5.82 Å². The van der Waals surface area contributed by atoms with Gasteiger partial charge in [-0.05, 0) is 50.7 Å². The van der Waals surface area contributed by atoms with Crippen molar-refractivity contribution >= 4 is 11.7 Å². The van der Waals surface area contributed by atoms with Gasteiger partial charge in [0.2, 0.25) is 0 Å². The van der Waals surface area contributed by atoms with Crippen LogP contribution in [0.1, 0.15) is 59.8 Å². The fourth-order valence-corrected chi connectivity index (χ4v) is 6.00. The summed E-state index contributed by atoms with van der Waals surface area (Å²) in [5.41, 5.74) is 4.59. The van der Waals surface area contributed by atoms with Crippen LogP contribution in [-0.4, -0.2) is 33.7 Å². The van der Waals surface area contributed by atoms with E-state index in [0.717, 1.165) is 25.3 Å². The van der Waals surface area contributed by atoms with Crippen LogP contribution in [0.3, 0.4) is 0 Å². The Kier molecular flexibility index (Phi) is 4.11. The molecule has 164 valence electrons. The Bertz CT molecular complexity index is 1200. The molecule has 1 amide bonds. The van der Waals surface area contributed by atoms with Crippen molar-refractivity contribution < 1.29 is 4.79 Å². The lowest BCUT2D eigenvalue weighted by atomic mass is 9.89. The maximum absolute atomic E-state index is 13.7. The Morgan fingerprint density at radius 3 is 2.69 bits per heavy atom. The largest absolute Gasteiger partial charge is 0.363 e. The quantitative estimate of drug-likeness (QED) is 0.648. The van der Waals surface area contributed by atoms with Crippen molar-refractivity contribution in [2.75, 3.05) is 18.4 Å². The van der Waals surface area contributed by atoms with Gasteiger partial charge in [-0.3, -0.25) is 4.79 Å². The molecule has 0 spiro atoms. The molecule has 5 heteroatoms. The molecule has 2 aliphatic heterocycles. The number of amides is 1. The van der Waals surface area contributed by atoms with E-state index in [1.807, 2.05) is 10.7 Å². The van der Waals surface area contributed by atoms with E-state index in [0.29, 0.717) is 11.5 Å². The van der Waals surface area contributed by atoms with Gasteiger partial charge in [0.05, 0.1) is 17.8 Å². The van der Waals surface area contributed by atoms with Crippen LogP contribution in [0, 0.1) is 12.8 Å². The number of carbonyl (C=O) groups excluding carboxylic acids is 1. The molecule has 2 aromatic carbocycles. The lowest BCUT2D eigenvalue weighted by molar-refractivity contribution is 0.0772. The summed E-state index contributed by atoms with van der Waals surface area (Å²) in [5.74, 6) is 1.52. The third-order valence-corrected chi connectivity index (χ3v) is 7.82. The second-order valence-electron chi connectivity index (χ2n) is 10.6. The Balaban J connectivity index is 1.29. The van der Waals surface area contributed by atoms with Gasteiger partial charge in [-0.25, -0.2) is 4.68 Å². The number of likely N-dealkylation sites (tertiary alicyclic amines) is 1. The molecular formula is C27H30N4O. The zero-order valence-electron chi connectivity index (χ0n) is 19.0. The van der Waals surface area contributed by atoms with E-state index in [1.165, 1.54) is 23.1 Å². The third kappa shape index (κ3) is 2.90. The van der Waals surface area contributed by atoms with Crippen molar-refractivity contribution in [3.05, 3.63) is 83.0 Å². The summed E-state index contributed by atoms with van der Waals surface area (Å²) in [6.45, 7) is 8.18. The normalized spacial score (nSPS) is 27.4. The number of anilines is 1. The minimum atomic E-state index is -0.171. The lowest BCUT2D eigenvalue weighted by Crippen LogP contribution is -2.39. The van der Waals surface area contributed by atoms with Gasteiger partial charge >= 0.3 is 0 Å². The molecule has 6 rings (SSSR count). The van der Waals surface area contributed by atoms with E-state index in [-0.39, 0.29) is 22.9 Å². The lowest BCUT2D eigenvalue weighted by Gasteiger charge is -2.38. The second kappa shape index (κ2) is 6.71. The third-order valence-electron chi connectivity index (χ3n) is 7.82. The number of nitrogens with zero attached hydrogens (tertiary/aromatic N) is 3. The minimum Gasteiger partial charge on any atom is -0.363 e. The van der Waals surface area contributed by atoms with Crippen LogP contribution in [0.5, 0.6) is 0 Å². The molecule has 1 N–H and O–H groups in total.